The number of allylic oxidation sites excluding steroid dienone is 1. The molecule has 1 aromatic rings. The number of hydrogen-bond acceptors (Lipinski definition) is 3. The van der Waals surface area contributed by atoms with E-state index in [2.05, 4.69) is 11.4 Å². The molecule has 1 N–H and O–H groups in total. The summed E-state index contributed by atoms with van der Waals surface area (Å²) in [5, 5.41) is 3.54. The minimum Gasteiger partial charge on any atom is -0.356 e. The number of hydrogen-bond donors (Lipinski definition) is 1. The van der Waals surface area contributed by atoms with Crippen LogP contribution in [0.2, 0.25) is 5.02 Å². The van der Waals surface area contributed by atoms with Crippen LogP contribution in [0, 0.1) is 5.92 Å². The molecule has 1 fully saturated rings. The summed E-state index contributed by atoms with van der Waals surface area (Å²) in [5.41, 5.74) is 1.45. The van der Waals surface area contributed by atoms with Gasteiger partial charge in [0.15, 0.2) is 0 Å². The van der Waals surface area contributed by atoms with E-state index >= 15 is 0 Å². The lowest BCUT2D eigenvalue weighted by molar-refractivity contribution is -0.126. The van der Waals surface area contributed by atoms with E-state index in [0.29, 0.717) is 37.5 Å². The molecule has 1 aromatic carbocycles. The Kier molecular flexibility index (Phi) is 6.95. The minimum atomic E-state index is -3.52. The van der Waals surface area contributed by atoms with Crippen LogP contribution in [0.4, 0.5) is 0 Å². The third-order valence-electron chi connectivity index (χ3n) is 5.41. The molecule has 0 radical (unpaired) electrons. The second-order valence-electron chi connectivity index (χ2n) is 7.28. The molecule has 0 saturated carbocycles. The molecule has 1 amide bonds. The fourth-order valence-electron chi connectivity index (χ4n) is 3.74. The van der Waals surface area contributed by atoms with E-state index in [1.807, 2.05) is 0 Å². The van der Waals surface area contributed by atoms with E-state index < -0.39 is 10.0 Å². The van der Waals surface area contributed by atoms with Gasteiger partial charge in [0.05, 0.1) is 4.90 Å². The van der Waals surface area contributed by atoms with E-state index in [4.69, 9.17) is 11.6 Å². The van der Waals surface area contributed by atoms with Crippen LogP contribution >= 0.6 is 11.6 Å². The van der Waals surface area contributed by atoms with Crippen molar-refractivity contribution in [3.05, 3.63) is 40.9 Å². The van der Waals surface area contributed by atoms with Crippen molar-refractivity contribution in [2.75, 3.05) is 19.6 Å². The van der Waals surface area contributed by atoms with Crippen LogP contribution in [0.3, 0.4) is 0 Å². The number of carbonyl (C=O) groups excluding carboxylic acids is 1. The van der Waals surface area contributed by atoms with E-state index in [1.165, 1.54) is 34.9 Å². The van der Waals surface area contributed by atoms with Gasteiger partial charge >= 0.3 is 0 Å². The maximum Gasteiger partial charge on any atom is 0.243 e. The Morgan fingerprint density at radius 3 is 2.48 bits per heavy atom. The van der Waals surface area contributed by atoms with Crippen LogP contribution in [-0.2, 0) is 14.8 Å². The standard InChI is InChI=1S/C20H27ClN2O3S/c21-18-6-8-19(9-7-18)27(25,26)23-14-11-17(12-15-23)20(24)22-13-10-16-4-2-1-3-5-16/h4,6-9,17H,1-3,5,10-15H2,(H,22,24). The van der Waals surface area contributed by atoms with Crippen molar-refractivity contribution in [1.29, 1.82) is 0 Å². The monoisotopic (exact) mass is 410 g/mol. The number of benzene rings is 1. The normalized spacial score (nSPS) is 19.5. The molecule has 148 valence electrons. The zero-order valence-electron chi connectivity index (χ0n) is 15.5. The molecule has 0 bridgehead atoms. The molecule has 27 heavy (non-hydrogen) atoms. The molecule has 0 atom stereocenters. The summed E-state index contributed by atoms with van der Waals surface area (Å²) in [6, 6.07) is 6.21. The molecule has 5 nitrogen and oxygen atoms in total. The van der Waals surface area contributed by atoms with Gasteiger partial charge in [0.1, 0.15) is 0 Å². The number of sulfonamides is 1. The summed E-state index contributed by atoms with van der Waals surface area (Å²) < 4.78 is 26.9. The van der Waals surface area contributed by atoms with Gasteiger partial charge in [-0.3, -0.25) is 4.79 Å². The van der Waals surface area contributed by atoms with Crippen molar-refractivity contribution in [1.82, 2.24) is 9.62 Å². The summed E-state index contributed by atoms with van der Waals surface area (Å²) in [6.45, 7) is 1.41. The maximum absolute atomic E-state index is 12.7. The van der Waals surface area contributed by atoms with Crippen LogP contribution in [-0.4, -0.2) is 38.3 Å². The summed E-state index contributed by atoms with van der Waals surface area (Å²) in [7, 11) is -3.52. The van der Waals surface area contributed by atoms with Gasteiger partial charge in [-0.1, -0.05) is 23.3 Å². The Balaban J connectivity index is 1.47. The lowest BCUT2D eigenvalue weighted by Crippen LogP contribution is -2.43. The van der Waals surface area contributed by atoms with Gasteiger partial charge in [-0.25, -0.2) is 8.42 Å². The molecule has 1 saturated heterocycles. The number of piperidine rings is 1. The average Bonchev–Trinajstić information content (AvgIpc) is 2.69. The molecule has 1 heterocycles. The molecular formula is C20H27ClN2O3S. The molecule has 1 aliphatic heterocycles. The van der Waals surface area contributed by atoms with Crippen LogP contribution in [0.15, 0.2) is 40.8 Å². The number of amides is 1. The van der Waals surface area contributed by atoms with Crippen molar-refractivity contribution in [3.8, 4) is 0 Å². The van der Waals surface area contributed by atoms with E-state index in [1.54, 1.807) is 12.1 Å². The van der Waals surface area contributed by atoms with E-state index in [9.17, 15) is 13.2 Å². The largest absolute Gasteiger partial charge is 0.356 e. The number of nitrogens with one attached hydrogen (secondary N) is 1. The van der Waals surface area contributed by atoms with Crippen molar-refractivity contribution in [2.24, 2.45) is 5.92 Å². The third kappa shape index (κ3) is 5.33. The Morgan fingerprint density at radius 1 is 1.15 bits per heavy atom. The lowest BCUT2D eigenvalue weighted by atomic mass is 9.96. The Hall–Kier alpha value is -1.37. The molecule has 0 unspecified atom stereocenters. The first-order valence-corrected chi connectivity index (χ1v) is 11.5. The van der Waals surface area contributed by atoms with Gasteiger partial charge in [0.2, 0.25) is 15.9 Å². The Bertz CT molecular complexity index is 782. The van der Waals surface area contributed by atoms with Gasteiger partial charge in [-0.15, -0.1) is 0 Å². The molecule has 2 aliphatic rings. The van der Waals surface area contributed by atoms with Crippen LogP contribution in [0.25, 0.3) is 0 Å². The Labute approximate surface area is 166 Å². The van der Waals surface area contributed by atoms with Crippen molar-refractivity contribution in [3.63, 3.8) is 0 Å². The highest BCUT2D eigenvalue weighted by Gasteiger charge is 2.31. The molecule has 0 spiro atoms. The smallest absolute Gasteiger partial charge is 0.243 e. The average molecular weight is 411 g/mol. The fourth-order valence-corrected chi connectivity index (χ4v) is 5.33. The quantitative estimate of drug-likeness (QED) is 0.726. The molecule has 1 aliphatic carbocycles. The second-order valence-corrected chi connectivity index (χ2v) is 9.66. The van der Waals surface area contributed by atoms with Gasteiger partial charge in [-0.05, 0) is 69.2 Å². The second kappa shape index (κ2) is 9.22. The molecule has 3 rings (SSSR count). The summed E-state index contributed by atoms with van der Waals surface area (Å²) >= 11 is 5.84. The topological polar surface area (TPSA) is 66.5 Å². The van der Waals surface area contributed by atoms with Gasteiger partial charge in [0, 0.05) is 30.6 Å². The number of nitrogens with zero attached hydrogens (tertiary/aromatic N) is 1. The highest BCUT2D eigenvalue weighted by Crippen LogP contribution is 2.25. The highest BCUT2D eigenvalue weighted by atomic mass is 35.5. The fraction of sp³-hybridized carbons (Fsp3) is 0.550. The van der Waals surface area contributed by atoms with E-state index in [0.717, 1.165) is 19.3 Å². The highest BCUT2D eigenvalue weighted by molar-refractivity contribution is 7.89. The van der Waals surface area contributed by atoms with Crippen LogP contribution < -0.4 is 5.32 Å². The zero-order chi connectivity index (χ0) is 19.3. The lowest BCUT2D eigenvalue weighted by Gasteiger charge is -2.30. The molecular weight excluding hydrogens is 384 g/mol. The first-order valence-electron chi connectivity index (χ1n) is 9.68. The van der Waals surface area contributed by atoms with Gasteiger partial charge < -0.3 is 5.32 Å². The first-order chi connectivity index (χ1) is 13.0. The van der Waals surface area contributed by atoms with Crippen molar-refractivity contribution in [2.45, 2.75) is 49.8 Å². The molecule has 0 aromatic heterocycles. The predicted octanol–water partition coefficient (Wildman–Crippen LogP) is 3.75. The maximum atomic E-state index is 12.7. The first kappa shape index (κ1) is 20.4. The number of carbonyl (C=O) groups is 1. The summed E-state index contributed by atoms with van der Waals surface area (Å²) in [4.78, 5) is 12.6. The number of halogens is 1. The van der Waals surface area contributed by atoms with E-state index in [-0.39, 0.29) is 16.7 Å². The Morgan fingerprint density at radius 2 is 1.85 bits per heavy atom. The van der Waals surface area contributed by atoms with Crippen molar-refractivity contribution >= 4 is 27.5 Å². The SMILES string of the molecule is O=C(NCCC1=CCCCC1)C1CCN(S(=O)(=O)c2ccc(Cl)cc2)CC1. The minimum absolute atomic E-state index is 0.0509. The van der Waals surface area contributed by atoms with Crippen LogP contribution in [0.5, 0.6) is 0 Å². The molecule has 7 heteroatoms. The van der Waals surface area contributed by atoms with Gasteiger partial charge in [-0.2, -0.15) is 4.31 Å². The number of rotatable bonds is 6. The summed E-state index contributed by atoms with van der Waals surface area (Å²) in [6.07, 6.45) is 9.17. The van der Waals surface area contributed by atoms with Gasteiger partial charge in [0.25, 0.3) is 0 Å². The summed E-state index contributed by atoms with van der Waals surface area (Å²) in [5.74, 6) is -0.0584. The zero-order valence-corrected chi connectivity index (χ0v) is 17.1. The third-order valence-corrected chi connectivity index (χ3v) is 7.57. The van der Waals surface area contributed by atoms with Crippen LogP contribution in [0.1, 0.15) is 44.9 Å². The van der Waals surface area contributed by atoms with Crippen molar-refractivity contribution < 1.29 is 13.2 Å². The predicted molar refractivity (Wildman–Crippen MR) is 107 cm³/mol.